The highest BCUT2D eigenvalue weighted by molar-refractivity contribution is 6.71. The monoisotopic (exact) mass is 276 g/mol. The van der Waals surface area contributed by atoms with E-state index in [-0.39, 0.29) is 5.56 Å². The molecule has 0 amide bonds. The summed E-state index contributed by atoms with van der Waals surface area (Å²) in [5.74, 6) is -2.79. The van der Waals surface area contributed by atoms with Crippen molar-refractivity contribution < 1.29 is 17.6 Å². The van der Waals surface area contributed by atoms with Gasteiger partial charge in [0.05, 0.1) is 0 Å². The van der Waals surface area contributed by atoms with E-state index in [1.807, 2.05) is 0 Å². The Labute approximate surface area is 107 Å². The average molecular weight is 276 g/mol. The third-order valence-electron chi connectivity index (χ3n) is 3.12. The Morgan fingerprint density at radius 1 is 1.00 bits per heavy atom. The van der Waals surface area contributed by atoms with E-state index < -0.39 is 25.8 Å². The Kier molecular flexibility index (Phi) is 5.41. The smallest absolute Gasteiger partial charge is 0.186 e. The van der Waals surface area contributed by atoms with Gasteiger partial charge >= 0.3 is 0 Å². The van der Waals surface area contributed by atoms with Gasteiger partial charge in [0, 0.05) is 13.2 Å². The van der Waals surface area contributed by atoms with Gasteiger partial charge < -0.3 is 4.43 Å². The van der Waals surface area contributed by atoms with Crippen LogP contribution in [0.4, 0.5) is 13.2 Å². The highest BCUT2D eigenvalue weighted by Gasteiger charge is 2.19. The van der Waals surface area contributed by atoms with Crippen molar-refractivity contribution in [3.05, 3.63) is 35.1 Å². The van der Waals surface area contributed by atoms with E-state index in [0.29, 0.717) is 12.5 Å². The highest BCUT2D eigenvalue weighted by atomic mass is 28.4. The zero-order valence-electron chi connectivity index (χ0n) is 11.0. The lowest BCUT2D eigenvalue weighted by Gasteiger charge is -2.19. The third-order valence-corrected chi connectivity index (χ3v) is 5.78. The van der Waals surface area contributed by atoms with Crippen LogP contribution in [0.15, 0.2) is 12.1 Å². The molecule has 5 heteroatoms. The molecule has 0 aliphatic rings. The first-order valence-corrected chi connectivity index (χ1v) is 9.16. The summed E-state index contributed by atoms with van der Waals surface area (Å²) in [6.07, 6.45) is 2.09. The molecule has 0 atom stereocenters. The van der Waals surface area contributed by atoms with E-state index in [0.717, 1.165) is 25.0 Å². The van der Waals surface area contributed by atoms with Crippen LogP contribution in [0.2, 0.25) is 19.1 Å². The topological polar surface area (TPSA) is 9.23 Å². The molecule has 0 fully saturated rings. The van der Waals surface area contributed by atoms with E-state index in [9.17, 15) is 13.2 Å². The van der Waals surface area contributed by atoms with Crippen LogP contribution < -0.4 is 0 Å². The summed E-state index contributed by atoms with van der Waals surface area (Å²) in [5, 5.41) is 0. The molecule has 1 aromatic rings. The van der Waals surface area contributed by atoms with Crippen molar-refractivity contribution in [2.75, 3.05) is 7.11 Å². The predicted octanol–water partition coefficient (Wildman–Crippen LogP) is 4.28. The Hall–Kier alpha value is -0.813. The van der Waals surface area contributed by atoms with Crippen LogP contribution in [-0.4, -0.2) is 15.4 Å². The summed E-state index contributed by atoms with van der Waals surface area (Å²) >= 11 is 0. The molecule has 0 spiro atoms. The molecule has 0 aliphatic carbocycles. The van der Waals surface area contributed by atoms with Crippen molar-refractivity contribution >= 4 is 8.32 Å². The van der Waals surface area contributed by atoms with Gasteiger partial charge in [-0.25, -0.2) is 13.2 Å². The van der Waals surface area contributed by atoms with Gasteiger partial charge in [-0.15, -0.1) is 0 Å². The molecule has 0 saturated heterocycles. The first-order valence-electron chi connectivity index (χ1n) is 6.04. The minimum Gasteiger partial charge on any atom is -0.420 e. The van der Waals surface area contributed by atoms with E-state index >= 15 is 0 Å². The van der Waals surface area contributed by atoms with Crippen LogP contribution in [0.5, 0.6) is 0 Å². The summed E-state index contributed by atoms with van der Waals surface area (Å²) < 4.78 is 44.4. The van der Waals surface area contributed by atoms with Crippen LogP contribution in [0.3, 0.4) is 0 Å². The Balaban J connectivity index is 2.47. The van der Waals surface area contributed by atoms with Crippen molar-refractivity contribution in [3.8, 4) is 0 Å². The zero-order chi connectivity index (χ0) is 13.8. The van der Waals surface area contributed by atoms with Crippen molar-refractivity contribution in [2.45, 2.75) is 38.4 Å². The van der Waals surface area contributed by atoms with Crippen LogP contribution in [0.1, 0.15) is 18.4 Å². The van der Waals surface area contributed by atoms with Crippen molar-refractivity contribution in [1.82, 2.24) is 0 Å². The number of unbranched alkanes of at least 4 members (excludes halogenated alkanes) is 1. The van der Waals surface area contributed by atoms with Gasteiger partial charge in [-0.3, -0.25) is 0 Å². The maximum Gasteiger partial charge on any atom is 0.186 e. The molecule has 18 heavy (non-hydrogen) atoms. The number of benzene rings is 1. The molecule has 0 aliphatic heterocycles. The molecular weight excluding hydrogens is 257 g/mol. The summed E-state index contributed by atoms with van der Waals surface area (Å²) in [5.41, 5.74) is 0.241. The number of hydrogen-bond donors (Lipinski definition) is 0. The van der Waals surface area contributed by atoms with Gasteiger partial charge in [0.2, 0.25) is 0 Å². The van der Waals surface area contributed by atoms with Gasteiger partial charge in [0.25, 0.3) is 0 Å². The second-order valence-corrected chi connectivity index (χ2v) is 9.46. The van der Waals surface area contributed by atoms with Crippen molar-refractivity contribution in [2.24, 2.45) is 0 Å². The van der Waals surface area contributed by atoms with Crippen LogP contribution in [0, 0.1) is 17.5 Å². The van der Waals surface area contributed by atoms with E-state index in [4.69, 9.17) is 4.43 Å². The summed E-state index contributed by atoms with van der Waals surface area (Å²) in [4.78, 5) is 0. The first kappa shape index (κ1) is 15.2. The SMILES string of the molecule is CO[Si](C)(C)CCCCc1cc(F)c(F)cc1F. The fraction of sp³-hybridized carbons (Fsp3) is 0.538. The molecule has 0 bridgehead atoms. The van der Waals surface area contributed by atoms with Gasteiger partial charge in [0.1, 0.15) is 5.82 Å². The molecule has 0 N–H and O–H groups in total. The van der Waals surface area contributed by atoms with Gasteiger partial charge in [-0.1, -0.05) is 6.42 Å². The lowest BCUT2D eigenvalue weighted by atomic mass is 10.1. The highest BCUT2D eigenvalue weighted by Crippen LogP contribution is 2.19. The molecule has 0 radical (unpaired) electrons. The van der Waals surface area contributed by atoms with Crippen LogP contribution >= 0.6 is 0 Å². The molecule has 0 heterocycles. The maximum absolute atomic E-state index is 13.3. The summed E-state index contributed by atoms with van der Waals surface area (Å²) in [6, 6.07) is 2.54. The predicted molar refractivity (Wildman–Crippen MR) is 68.6 cm³/mol. The van der Waals surface area contributed by atoms with Crippen LogP contribution in [-0.2, 0) is 10.8 Å². The Morgan fingerprint density at radius 3 is 2.22 bits per heavy atom. The maximum atomic E-state index is 13.3. The summed E-state index contributed by atoms with van der Waals surface area (Å²) in [7, 11) is 0.133. The minimum atomic E-state index is -1.58. The quantitative estimate of drug-likeness (QED) is 0.428. The van der Waals surface area contributed by atoms with Crippen molar-refractivity contribution in [1.29, 1.82) is 0 Å². The molecule has 1 aromatic carbocycles. The minimum absolute atomic E-state index is 0.241. The number of hydrogen-bond acceptors (Lipinski definition) is 1. The number of rotatable bonds is 6. The second kappa shape index (κ2) is 6.38. The standard InChI is InChI=1S/C13H19F3OSi/c1-17-18(2,3)7-5-4-6-10-8-12(15)13(16)9-11(10)14/h8-9H,4-7H2,1-3H3. The molecule has 0 saturated carbocycles. The average Bonchev–Trinajstić information content (AvgIpc) is 2.31. The zero-order valence-corrected chi connectivity index (χ0v) is 12.0. The van der Waals surface area contributed by atoms with E-state index in [2.05, 4.69) is 13.1 Å². The lowest BCUT2D eigenvalue weighted by molar-refractivity contribution is 0.401. The molecule has 0 unspecified atom stereocenters. The first-order chi connectivity index (χ1) is 8.35. The third kappa shape index (κ3) is 4.46. The Bertz CT molecular complexity index is 407. The fourth-order valence-electron chi connectivity index (χ4n) is 1.72. The van der Waals surface area contributed by atoms with Crippen molar-refractivity contribution in [3.63, 3.8) is 0 Å². The van der Waals surface area contributed by atoms with E-state index in [1.165, 1.54) is 0 Å². The van der Waals surface area contributed by atoms with E-state index in [1.54, 1.807) is 7.11 Å². The van der Waals surface area contributed by atoms with Crippen LogP contribution in [0.25, 0.3) is 0 Å². The molecule has 1 rings (SSSR count). The second-order valence-electron chi connectivity index (χ2n) is 5.03. The normalized spacial score (nSPS) is 11.9. The number of aryl methyl sites for hydroxylation is 1. The molecular formula is C13H19F3OSi. The summed E-state index contributed by atoms with van der Waals surface area (Å²) in [6.45, 7) is 4.23. The fourth-order valence-corrected chi connectivity index (χ4v) is 3.03. The van der Waals surface area contributed by atoms with Gasteiger partial charge in [-0.2, -0.15) is 0 Å². The van der Waals surface area contributed by atoms with Gasteiger partial charge in [-0.05, 0) is 43.6 Å². The molecule has 102 valence electrons. The largest absolute Gasteiger partial charge is 0.420 e. The Morgan fingerprint density at radius 2 is 1.61 bits per heavy atom. The molecule has 1 nitrogen and oxygen atoms in total. The molecule has 0 aromatic heterocycles. The number of halogens is 3. The van der Waals surface area contributed by atoms with Gasteiger partial charge in [0.15, 0.2) is 20.0 Å². The lowest BCUT2D eigenvalue weighted by Crippen LogP contribution is -2.27.